The van der Waals surface area contributed by atoms with Gasteiger partial charge in [-0.25, -0.2) is 4.39 Å². The quantitative estimate of drug-likeness (QED) is 0.732. The van der Waals surface area contributed by atoms with Gasteiger partial charge in [-0.3, -0.25) is 5.10 Å². The Bertz CT molecular complexity index is 735. The second kappa shape index (κ2) is 4.79. The normalized spacial score (nSPS) is 10.8. The van der Waals surface area contributed by atoms with Crippen molar-refractivity contribution in [2.75, 3.05) is 5.73 Å². The highest BCUT2D eigenvalue weighted by atomic mass is 79.9. The van der Waals surface area contributed by atoms with Gasteiger partial charge in [0.1, 0.15) is 5.82 Å². The van der Waals surface area contributed by atoms with Gasteiger partial charge < -0.3 is 5.73 Å². The van der Waals surface area contributed by atoms with Crippen molar-refractivity contribution in [3.63, 3.8) is 0 Å². The molecule has 2 aromatic heterocycles. The minimum Gasteiger partial charge on any atom is -0.382 e. The number of halogens is 2. The number of rotatable bonds is 2. The number of aromatic nitrogens is 2. The molecule has 2 heterocycles. The highest BCUT2D eigenvalue weighted by Crippen LogP contribution is 2.37. The number of thiophene rings is 1. The molecule has 6 heteroatoms. The third-order valence-corrected chi connectivity index (χ3v) is 4.27. The van der Waals surface area contributed by atoms with Crippen LogP contribution in [0.2, 0.25) is 0 Å². The molecule has 3 nitrogen and oxygen atoms in total. The molecule has 0 aliphatic carbocycles. The summed E-state index contributed by atoms with van der Waals surface area (Å²) in [4.78, 5) is 0. The van der Waals surface area contributed by atoms with Crippen LogP contribution in [0.1, 0.15) is 0 Å². The van der Waals surface area contributed by atoms with Crippen LogP contribution in [0.25, 0.3) is 22.4 Å². The average molecular weight is 338 g/mol. The smallest absolute Gasteiger partial charge is 0.153 e. The lowest BCUT2D eigenvalue weighted by molar-refractivity contribution is 0.628. The number of hydrogen-bond acceptors (Lipinski definition) is 3. The van der Waals surface area contributed by atoms with E-state index < -0.39 is 0 Å². The fourth-order valence-corrected chi connectivity index (χ4v) is 3.09. The topological polar surface area (TPSA) is 54.7 Å². The first-order valence-corrected chi connectivity index (χ1v) is 7.16. The third kappa shape index (κ3) is 2.29. The predicted octanol–water partition coefficient (Wildman–Crippen LogP) is 4.29. The summed E-state index contributed by atoms with van der Waals surface area (Å²) >= 11 is 4.99. The highest BCUT2D eigenvalue weighted by Gasteiger charge is 2.16. The van der Waals surface area contributed by atoms with Crippen LogP contribution in [-0.2, 0) is 0 Å². The molecule has 3 rings (SSSR count). The number of nitrogens with zero attached hydrogens (tertiary/aromatic N) is 1. The maximum atomic E-state index is 13.4. The first kappa shape index (κ1) is 12.4. The molecule has 0 radical (unpaired) electrons. The Balaban J connectivity index is 2.19. The van der Waals surface area contributed by atoms with Gasteiger partial charge in [-0.15, -0.1) is 11.3 Å². The first-order chi connectivity index (χ1) is 9.15. The number of anilines is 1. The average Bonchev–Trinajstić information content (AvgIpc) is 2.95. The van der Waals surface area contributed by atoms with Crippen molar-refractivity contribution >= 4 is 33.1 Å². The molecule has 0 fully saturated rings. The van der Waals surface area contributed by atoms with E-state index >= 15 is 0 Å². The lowest BCUT2D eigenvalue weighted by Gasteiger charge is -2.03. The molecule has 3 aromatic rings. The lowest BCUT2D eigenvalue weighted by atomic mass is 10.0. The van der Waals surface area contributed by atoms with E-state index in [1.165, 1.54) is 12.1 Å². The van der Waals surface area contributed by atoms with Crippen molar-refractivity contribution in [1.82, 2.24) is 10.2 Å². The molecule has 0 saturated carbocycles. The van der Waals surface area contributed by atoms with E-state index in [1.54, 1.807) is 17.4 Å². The molecule has 19 heavy (non-hydrogen) atoms. The molecule has 0 saturated heterocycles. The van der Waals surface area contributed by atoms with Crippen LogP contribution in [0.3, 0.4) is 0 Å². The molecule has 0 aliphatic rings. The maximum Gasteiger partial charge on any atom is 0.153 e. The summed E-state index contributed by atoms with van der Waals surface area (Å²) in [6.07, 6.45) is 0. The molecule has 0 atom stereocenters. The van der Waals surface area contributed by atoms with Crippen LogP contribution >= 0.6 is 27.3 Å². The summed E-state index contributed by atoms with van der Waals surface area (Å²) in [5.74, 6) is 0.0680. The van der Waals surface area contributed by atoms with Crippen molar-refractivity contribution in [3.8, 4) is 22.4 Å². The van der Waals surface area contributed by atoms with Crippen LogP contribution < -0.4 is 5.73 Å². The minimum atomic E-state index is -0.296. The van der Waals surface area contributed by atoms with Gasteiger partial charge in [0, 0.05) is 10.9 Å². The van der Waals surface area contributed by atoms with Crippen LogP contribution in [-0.4, -0.2) is 10.2 Å². The number of benzene rings is 1. The number of nitrogen functional groups attached to an aromatic ring is 1. The number of aromatic amines is 1. The molecule has 0 aliphatic heterocycles. The van der Waals surface area contributed by atoms with Gasteiger partial charge in [0.15, 0.2) is 5.82 Å². The van der Waals surface area contributed by atoms with E-state index in [9.17, 15) is 4.39 Å². The highest BCUT2D eigenvalue weighted by molar-refractivity contribution is 9.11. The summed E-state index contributed by atoms with van der Waals surface area (Å²) in [5.41, 5.74) is 9.10. The molecule has 1 aromatic carbocycles. The Morgan fingerprint density at radius 1 is 1.26 bits per heavy atom. The summed E-state index contributed by atoms with van der Waals surface area (Å²) in [5, 5.41) is 8.92. The van der Waals surface area contributed by atoms with Crippen molar-refractivity contribution in [2.24, 2.45) is 0 Å². The summed E-state index contributed by atoms with van der Waals surface area (Å²) < 4.78 is 14.4. The van der Waals surface area contributed by atoms with Crippen molar-refractivity contribution < 1.29 is 4.39 Å². The molecule has 0 bridgehead atoms. The zero-order valence-electron chi connectivity index (χ0n) is 9.65. The molecule has 96 valence electrons. The predicted molar refractivity (Wildman–Crippen MR) is 79.4 cm³/mol. The van der Waals surface area contributed by atoms with Crippen molar-refractivity contribution in [1.29, 1.82) is 0 Å². The SMILES string of the molecule is Nc1n[nH]c(-c2csc(Br)c2)c1-c1cccc(F)c1. The summed E-state index contributed by atoms with van der Waals surface area (Å²) in [6.45, 7) is 0. The first-order valence-electron chi connectivity index (χ1n) is 5.49. The monoisotopic (exact) mass is 337 g/mol. The van der Waals surface area contributed by atoms with Crippen LogP contribution in [0.5, 0.6) is 0 Å². The van der Waals surface area contributed by atoms with Gasteiger partial charge in [0.25, 0.3) is 0 Å². The molecular weight excluding hydrogens is 329 g/mol. The number of hydrogen-bond donors (Lipinski definition) is 2. The van der Waals surface area contributed by atoms with E-state index in [0.29, 0.717) is 11.4 Å². The van der Waals surface area contributed by atoms with Gasteiger partial charge >= 0.3 is 0 Å². The van der Waals surface area contributed by atoms with Crippen LogP contribution in [0, 0.1) is 5.82 Å². The zero-order valence-corrected chi connectivity index (χ0v) is 12.1. The maximum absolute atomic E-state index is 13.4. The van der Waals surface area contributed by atoms with E-state index in [4.69, 9.17) is 5.73 Å². The van der Waals surface area contributed by atoms with Crippen molar-refractivity contribution in [2.45, 2.75) is 0 Å². The van der Waals surface area contributed by atoms with Gasteiger partial charge in [-0.05, 0) is 39.7 Å². The van der Waals surface area contributed by atoms with Gasteiger partial charge in [-0.2, -0.15) is 5.10 Å². The van der Waals surface area contributed by atoms with Crippen molar-refractivity contribution in [3.05, 3.63) is 45.3 Å². The zero-order chi connectivity index (χ0) is 13.4. The van der Waals surface area contributed by atoms with E-state index in [-0.39, 0.29) is 5.82 Å². The fourth-order valence-electron chi connectivity index (χ4n) is 1.94. The number of nitrogens with one attached hydrogen (secondary N) is 1. The van der Waals surface area contributed by atoms with Crippen LogP contribution in [0.15, 0.2) is 39.5 Å². The van der Waals surface area contributed by atoms with Gasteiger partial charge in [0.2, 0.25) is 0 Å². The lowest BCUT2D eigenvalue weighted by Crippen LogP contribution is -1.89. The Kier molecular flexibility index (Phi) is 3.12. The van der Waals surface area contributed by atoms with E-state index in [2.05, 4.69) is 26.1 Å². The Morgan fingerprint density at radius 2 is 2.11 bits per heavy atom. The van der Waals surface area contributed by atoms with Crippen LogP contribution in [0.4, 0.5) is 10.2 Å². The summed E-state index contributed by atoms with van der Waals surface area (Å²) in [6, 6.07) is 8.30. The van der Waals surface area contributed by atoms with Gasteiger partial charge in [0.05, 0.1) is 15.0 Å². The molecule has 3 N–H and O–H groups in total. The minimum absolute atomic E-state index is 0.296. The fraction of sp³-hybridized carbons (Fsp3) is 0. The summed E-state index contributed by atoms with van der Waals surface area (Å²) in [7, 11) is 0. The number of nitrogens with two attached hydrogens (primary N) is 1. The Morgan fingerprint density at radius 3 is 2.79 bits per heavy atom. The molecular formula is C13H9BrFN3S. The van der Waals surface area contributed by atoms with E-state index in [1.807, 2.05) is 17.5 Å². The number of H-pyrrole nitrogens is 1. The van der Waals surface area contributed by atoms with E-state index in [0.717, 1.165) is 20.6 Å². The van der Waals surface area contributed by atoms with Gasteiger partial charge in [-0.1, -0.05) is 12.1 Å². The largest absolute Gasteiger partial charge is 0.382 e. The second-order valence-electron chi connectivity index (χ2n) is 4.01. The Labute approximate surface area is 121 Å². The molecule has 0 amide bonds. The second-order valence-corrected chi connectivity index (χ2v) is 6.30. The Hall–Kier alpha value is -1.66. The third-order valence-electron chi connectivity index (χ3n) is 2.76. The standard InChI is InChI=1S/C13H9BrFN3S/c14-10-5-8(6-19-10)12-11(13(16)18-17-12)7-2-1-3-9(15)4-7/h1-6H,(H3,16,17,18). The molecule has 0 unspecified atom stereocenters. The molecule has 0 spiro atoms.